The highest BCUT2D eigenvalue weighted by atomic mass is 16.5. The van der Waals surface area contributed by atoms with Gasteiger partial charge in [0.15, 0.2) is 5.60 Å². The van der Waals surface area contributed by atoms with Crippen molar-refractivity contribution in [2.45, 2.75) is 56.3 Å². The van der Waals surface area contributed by atoms with Crippen molar-refractivity contribution < 1.29 is 24.1 Å². The van der Waals surface area contributed by atoms with Crippen LogP contribution in [0, 0.1) is 0 Å². The van der Waals surface area contributed by atoms with Gasteiger partial charge in [0.1, 0.15) is 5.75 Å². The lowest BCUT2D eigenvalue weighted by molar-refractivity contribution is -0.162. The third kappa shape index (κ3) is 3.98. The van der Waals surface area contributed by atoms with Gasteiger partial charge in [0, 0.05) is 38.8 Å². The topological polar surface area (TPSA) is 68.2 Å². The van der Waals surface area contributed by atoms with Gasteiger partial charge in [-0.1, -0.05) is 12.1 Å². The number of carboxylic acid groups (broad SMARTS) is 1. The van der Waals surface area contributed by atoms with Gasteiger partial charge in [0.05, 0.1) is 13.2 Å². The molecule has 6 nitrogen and oxygen atoms in total. The summed E-state index contributed by atoms with van der Waals surface area (Å²) < 4.78 is 16.7. The molecule has 1 saturated carbocycles. The van der Waals surface area contributed by atoms with Crippen LogP contribution in [-0.2, 0) is 14.3 Å². The zero-order chi connectivity index (χ0) is 19.4. The Balaban J connectivity index is 1.79. The first-order chi connectivity index (χ1) is 13.0. The van der Waals surface area contributed by atoms with Crippen LogP contribution in [0.1, 0.15) is 44.1 Å². The summed E-state index contributed by atoms with van der Waals surface area (Å²) in [4.78, 5) is 14.5. The van der Waals surface area contributed by atoms with Crippen molar-refractivity contribution in [1.29, 1.82) is 0 Å². The summed E-state index contributed by atoms with van der Waals surface area (Å²) in [7, 11) is 3.14. The third-order valence-corrected chi connectivity index (χ3v) is 6.22. The van der Waals surface area contributed by atoms with E-state index in [1.54, 1.807) is 7.11 Å². The Kier molecular flexibility index (Phi) is 6.40. The number of likely N-dealkylation sites (tertiary alicyclic amines) is 1. The number of rotatable bonds is 7. The van der Waals surface area contributed by atoms with Crippen LogP contribution in [0.15, 0.2) is 24.3 Å². The average Bonchev–Trinajstić information content (AvgIpc) is 3.10. The predicted octanol–water partition coefficient (Wildman–Crippen LogP) is 2.91. The van der Waals surface area contributed by atoms with Crippen LogP contribution in [0.3, 0.4) is 0 Å². The summed E-state index contributed by atoms with van der Waals surface area (Å²) in [6, 6.07) is 8.06. The molecule has 0 spiro atoms. The number of aliphatic carboxylic acids is 1. The summed E-state index contributed by atoms with van der Waals surface area (Å²) >= 11 is 0. The molecular weight excluding hydrogens is 346 g/mol. The van der Waals surface area contributed by atoms with Crippen molar-refractivity contribution in [3.05, 3.63) is 29.8 Å². The Bertz CT molecular complexity index is 626. The van der Waals surface area contributed by atoms with E-state index >= 15 is 0 Å². The molecule has 1 heterocycles. The van der Waals surface area contributed by atoms with Gasteiger partial charge in [-0.15, -0.1) is 0 Å². The summed E-state index contributed by atoms with van der Waals surface area (Å²) in [5.74, 6) is -0.340. The molecule has 1 aliphatic carbocycles. The lowest BCUT2D eigenvalue weighted by Gasteiger charge is -2.35. The van der Waals surface area contributed by atoms with Crippen LogP contribution >= 0.6 is 0 Å². The van der Waals surface area contributed by atoms with Crippen LogP contribution in [-0.4, -0.2) is 67.6 Å². The van der Waals surface area contributed by atoms with Crippen LogP contribution in [0.25, 0.3) is 0 Å². The molecule has 2 aliphatic rings. The van der Waals surface area contributed by atoms with Gasteiger partial charge in [0.25, 0.3) is 0 Å². The zero-order valence-corrected chi connectivity index (χ0v) is 16.5. The molecule has 0 radical (unpaired) electrons. The number of methoxy groups -OCH3 is 2. The normalized spacial score (nSPS) is 31.7. The van der Waals surface area contributed by atoms with Gasteiger partial charge in [-0.25, -0.2) is 4.79 Å². The molecule has 0 amide bonds. The standard InChI is InChI=1S/C21H31NO5/c1-4-27-18-11-7-16(8-12-18)22-13-19(21(14-22,26-3)20(23)24)15-5-9-17(25-2)10-6-15/h5-6,9-10,16,18-19H,4,7-8,11-14H2,1-3H3,(H,23,24)/t16?,18?,19-,21-/m0/s1. The van der Waals surface area contributed by atoms with Gasteiger partial charge >= 0.3 is 5.97 Å². The van der Waals surface area contributed by atoms with E-state index in [1.807, 2.05) is 31.2 Å². The molecule has 6 heteroatoms. The minimum absolute atomic E-state index is 0.212. The molecule has 3 rings (SSSR count). The van der Waals surface area contributed by atoms with E-state index in [1.165, 1.54) is 7.11 Å². The Morgan fingerprint density at radius 3 is 2.37 bits per heavy atom. The Morgan fingerprint density at radius 2 is 1.85 bits per heavy atom. The number of benzene rings is 1. The van der Waals surface area contributed by atoms with E-state index in [9.17, 15) is 9.90 Å². The highest BCUT2D eigenvalue weighted by Gasteiger charge is 2.55. The molecule has 2 fully saturated rings. The minimum atomic E-state index is -1.22. The van der Waals surface area contributed by atoms with Gasteiger partial charge in [-0.05, 0) is 50.3 Å². The molecule has 1 N–H and O–H groups in total. The number of hydrogen-bond donors (Lipinski definition) is 1. The first-order valence-electron chi connectivity index (χ1n) is 9.82. The molecule has 0 aromatic heterocycles. The smallest absolute Gasteiger partial charge is 0.338 e. The largest absolute Gasteiger partial charge is 0.497 e. The first-order valence-corrected chi connectivity index (χ1v) is 9.82. The molecule has 1 aromatic rings. The molecular formula is C21H31NO5. The van der Waals surface area contributed by atoms with E-state index in [-0.39, 0.29) is 5.92 Å². The fourth-order valence-corrected chi connectivity index (χ4v) is 4.67. The summed E-state index contributed by atoms with van der Waals surface area (Å²) in [5.41, 5.74) is -0.240. The second-order valence-electron chi connectivity index (χ2n) is 7.54. The van der Waals surface area contributed by atoms with Crippen molar-refractivity contribution in [3.8, 4) is 5.75 Å². The summed E-state index contributed by atoms with van der Waals surface area (Å²) in [6.45, 7) is 3.89. The van der Waals surface area contributed by atoms with Gasteiger partial charge < -0.3 is 19.3 Å². The molecule has 1 aliphatic heterocycles. The maximum Gasteiger partial charge on any atom is 0.338 e. The van der Waals surface area contributed by atoms with Crippen molar-refractivity contribution in [2.24, 2.45) is 0 Å². The van der Waals surface area contributed by atoms with E-state index < -0.39 is 11.6 Å². The van der Waals surface area contributed by atoms with Gasteiger partial charge in [0.2, 0.25) is 0 Å². The SMILES string of the molecule is CCOC1CCC(N2C[C@@H](c3ccc(OC)cc3)[C@](OC)(C(=O)O)C2)CC1. The van der Waals surface area contributed by atoms with E-state index in [0.717, 1.165) is 43.6 Å². The van der Waals surface area contributed by atoms with E-state index in [2.05, 4.69) is 4.90 Å². The molecule has 1 aromatic carbocycles. The van der Waals surface area contributed by atoms with E-state index in [4.69, 9.17) is 14.2 Å². The van der Waals surface area contributed by atoms with Crippen LogP contribution in [0.4, 0.5) is 0 Å². The minimum Gasteiger partial charge on any atom is -0.497 e. The lowest BCUT2D eigenvalue weighted by atomic mass is 9.84. The van der Waals surface area contributed by atoms with Gasteiger partial charge in [-0.3, -0.25) is 4.90 Å². The predicted molar refractivity (Wildman–Crippen MR) is 102 cm³/mol. The average molecular weight is 377 g/mol. The second-order valence-corrected chi connectivity index (χ2v) is 7.54. The molecule has 2 atom stereocenters. The highest BCUT2D eigenvalue weighted by Crippen LogP contribution is 2.42. The molecule has 27 heavy (non-hydrogen) atoms. The van der Waals surface area contributed by atoms with Crippen LogP contribution < -0.4 is 4.74 Å². The monoisotopic (exact) mass is 377 g/mol. The van der Waals surface area contributed by atoms with Crippen molar-refractivity contribution in [3.63, 3.8) is 0 Å². The second kappa shape index (κ2) is 8.59. The number of carbonyl (C=O) groups is 1. The number of carboxylic acids is 1. The number of nitrogens with zero attached hydrogens (tertiary/aromatic N) is 1. The third-order valence-electron chi connectivity index (χ3n) is 6.22. The molecule has 150 valence electrons. The Labute approximate surface area is 161 Å². The van der Waals surface area contributed by atoms with Crippen LogP contribution in [0.5, 0.6) is 5.75 Å². The lowest BCUT2D eigenvalue weighted by Crippen LogP contribution is -2.48. The van der Waals surface area contributed by atoms with Gasteiger partial charge in [-0.2, -0.15) is 0 Å². The maximum atomic E-state index is 12.2. The van der Waals surface area contributed by atoms with Crippen LogP contribution in [0.2, 0.25) is 0 Å². The summed E-state index contributed by atoms with van der Waals surface area (Å²) in [6.07, 6.45) is 4.50. The molecule has 1 saturated heterocycles. The number of hydrogen-bond acceptors (Lipinski definition) is 5. The summed E-state index contributed by atoms with van der Waals surface area (Å²) in [5, 5.41) is 10.0. The van der Waals surface area contributed by atoms with E-state index in [0.29, 0.717) is 25.2 Å². The van der Waals surface area contributed by atoms with Crippen molar-refractivity contribution in [2.75, 3.05) is 33.9 Å². The maximum absolute atomic E-state index is 12.2. The quantitative estimate of drug-likeness (QED) is 0.788. The molecule has 0 bridgehead atoms. The van der Waals surface area contributed by atoms with Crippen molar-refractivity contribution >= 4 is 5.97 Å². The fourth-order valence-electron chi connectivity index (χ4n) is 4.67. The fraction of sp³-hybridized carbons (Fsp3) is 0.667. The van der Waals surface area contributed by atoms with Crippen molar-refractivity contribution in [1.82, 2.24) is 4.90 Å². The highest BCUT2D eigenvalue weighted by molar-refractivity contribution is 5.80. The Hall–Kier alpha value is -1.63. The molecule has 0 unspecified atom stereocenters. The zero-order valence-electron chi connectivity index (χ0n) is 16.5. The first kappa shape index (κ1) is 20.1. The number of ether oxygens (including phenoxy) is 3. The Morgan fingerprint density at radius 1 is 1.19 bits per heavy atom.